The largest absolute Gasteiger partial charge is 0.535 e. The van der Waals surface area contributed by atoms with Gasteiger partial charge in [-0.1, -0.05) is 30.3 Å². The van der Waals surface area contributed by atoms with Crippen molar-refractivity contribution in [1.82, 2.24) is 9.38 Å². The Labute approximate surface area is 133 Å². The fraction of sp³-hybridized carbons (Fsp3) is 0. The molecule has 0 unspecified atom stereocenters. The molecule has 1 radical (unpaired) electrons. The summed E-state index contributed by atoms with van der Waals surface area (Å²) in [5, 5.41) is 2.01. The van der Waals surface area contributed by atoms with Crippen molar-refractivity contribution < 1.29 is 24.5 Å². The normalized spacial score (nSPS) is 11.4. The first-order valence-corrected chi connectivity index (χ1v) is 6.50. The van der Waals surface area contributed by atoms with Crippen LogP contribution in [0.15, 0.2) is 59.2 Å². The average molecular weight is 449 g/mol. The van der Waals surface area contributed by atoms with Crippen LogP contribution in [0.2, 0.25) is 0 Å². The number of rotatable bonds is 0. The van der Waals surface area contributed by atoms with E-state index < -0.39 is 0 Å². The fourth-order valence-corrected chi connectivity index (χ4v) is 2.93. The molecule has 0 aliphatic heterocycles. The van der Waals surface area contributed by atoms with Gasteiger partial charge in [-0.2, -0.15) is 0 Å². The molecule has 0 saturated carbocycles. The Morgan fingerprint density at radius 3 is 2.62 bits per heavy atom. The van der Waals surface area contributed by atoms with Crippen molar-refractivity contribution in [3.8, 4) is 0 Å². The standard InChI is InChI=1S/C17H9N2O.Ir/c1-3-7-14-11(5-1)16-12(9-10-20-16)17-18-13-6-2-4-8-15(13)19(14)17;/h1-8,10H;/q-1;. The van der Waals surface area contributed by atoms with Crippen molar-refractivity contribution in [1.29, 1.82) is 0 Å². The molecule has 2 aromatic carbocycles. The molecule has 0 spiro atoms. The summed E-state index contributed by atoms with van der Waals surface area (Å²) in [5.74, 6) is 0. The van der Waals surface area contributed by atoms with Crippen molar-refractivity contribution in [3.05, 3.63) is 60.9 Å². The first kappa shape index (κ1) is 12.6. The minimum atomic E-state index is 0. The molecule has 103 valence electrons. The third-order valence-electron chi connectivity index (χ3n) is 3.78. The first-order valence-electron chi connectivity index (χ1n) is 6.50. The Bertz CT molecular complexity index is 1100. The van der Waals surface area contributed by atoms with Crippen LogP contribution in [0.5, 0.6) is 0 Å². The molecule has 0 aliphatic carbocycles. The Balaban J connectivity index is 0.00000115. The molecular formula is C17H9IrN2O-. The number of pyridine rings is 1. The summed E-state index contributed by atoms with van der Waals surface area (Å²) < 4.78 is 7.81. The number of nitrogens with zero attached hydrogens (tertiary/aromatic N) is 2. The zero-order chi connectivity index (χ0) is 13.1. The molecule has 0 amide bonds. The van der Waals surface area contributed by atoms with E-state index in [9.17, 15) is 0 Å². The summed E-state index contributed by atoms with van der Waals surface area (Å²) in [6.45, 7) is 0. The Morgan fingerprint density at radius 1 is 0.952 bits per heavy atom. The summed E-state index contributed by atoms with van der Waals surface area (Å²) in [5.41, 5.74) is 4.94. The third-order valence-corrected chi connectivity index (χ3v) is 3.78. The summed E-state index contributed by atoms with van der Waals surface area (Å²) in [6.07, 6.45) is 1.61. The van der Waals surface area contributed by atoms with Crippen LogP contribution in [0.25, 0.3) is 38.6 Å². The van der Waals surface area contributed by atoms with E-state index in [4.69, 9.17) is 9.40 Å². The number of furan rings is 1. The summed E-state index contributed by atoms with van der Waals surface area (Å²) >= 11 is 0. The molecule has 3 aromatic heterocycles. The van der Waals surface area contributed by atoms with Crippen LogP contribution in [0.3, 0.4) is 0 Å². The predicted octanol–water partition coefficient (Wildman–Crippen LogP) is 4.18. The molecule has 21 heavy (non-hydrogen) atoms. The van der Waals surface area contributed by atoms with E-state index in [2.05, 4.69) is 28.7 Å². The third kappa shape index (κ3) is 1.54. The monoisotopic (exact) mass is 450 g/mol. The van der Waals surface area contributed by atoms with Gasteiger partial charge in [-0.05, 0) is 23.6 Å². The number of fused-ring (bicyclic) bond motifs is 8. The minimum Gasteiger partial charge on any atom is -0.535 e. The predicted molar refractivity (Wildman–Crippen MR) is 78.8 cm³/mol. The van der Waals surface area contributed by atoms with Crippen LogP contribution >= 0.6 is 0 Å². The van der Waals surface area contributed by atoms with Gasteiger partial charge in [-0.25, -0.2) is 0 Å². The van der Waals surface area contributed by atoms with Crippen molar-refractivity contribution in [2.75, 3.05) is 0 Å². The number of imidazole rings is 1. The van der Waals surface area contributed by atoms with Gasteiger partial charge in [0.1, 0.15) is 0 Å². The Morgan fingerprint density at radius 2 is 1.71 bits per heavy atom. The molecule has 0 fully saturated rings. The molecular weight excluding hydrogens is 440 g/mol. The zero-order valence-corrected chi connectivity index (χ0v) is 13.2. The number of para-hydroxylation sites is 3. The van der Waals surface area contributed by atoms with Gasteiger partial charge in [-0.15, -0.1) is 11.5 Å². The smallest absolute Gasteiger partial charge is 0.0735 e. The van der Waals surface area contributed by atoms with Crippen LogP contribution in [-0.2, 0) is 20.1 Å². The van der Waals surface area contributed by atoms with Gasteiger partial charge in [0.05, 0.1) is 11.0 Å². The van der Waals surface area contributed by atoms with Crippen LogP contribution < -0.4 is 0 Å². The second-order valence-corrected chi connectivity index (χ2v) is 4.86. The number of hydrogen-bond donors (Lipinski definition) is 0. The minimum absolute atomic E-state index is 0. The maximum absolute atomic E-state index is 5.63. The zero-order valence-electron chi connectivity index (χ0n) is 10.8. The topological polar surface area (TPSA) is 30.4 Å². The van der Waals surface area contributed by atoms with Gasteiger partial charge >= 0.3 is 0 Å². The average Bonchev–Trinajstić information content (AvgIpc) is 3.12. The molecule has 5 rings (SSSR count). The molecule has 5 aromatic rings. The van der Waals surface area contributed by atoms with Crippen LogP contribution in [0, 0.1) is 6.07 Å². The maximum atomic E-state index is 5.63. The molecule has 3 heterocycles. The van der Waals surface area contributed by atoms with Crippen molar-refractivity contribution in [2.24, 2.45) is 0 Å². The van der Waals surface area contributed by atoms with E-state index >= 15 is 0 Å². The second-order valence-electron chi connectivity index (χ2n) is 4.86. The summed E-state index contributed by atoms with van der Waals surface area (Å²) in [4.78, 5) is 4.74. The van der Waals surface area contributed by atoms with Gasteiger partial charge in [0.2, 0.25) is 0 Å². The number of benzene rings is 2. The van der Waals surface area contributed by atoms with Gasteiger partial charge in [0, 0.05) is 43.1 Å². The number of aromatic nitrogens is 2. The van der Waals surface area contributed by atoms with Gasteiger partial charge in [-0.3, -0.25) is 4.98 Å². The van der Waals surface area contributed by atoms with E-state index in [1.807, 2.05) is 30.3 Å². The molecule has 4 heteroatoms. The van der Waals surface area contributed by atoms with E-state index in [0.717, 1.165) is 38.6 Å². The van der Waals surface area contributed by atoms with Crippen LogP contribution in [0.4, 0.5) is 0 Å². The van der Waals surface area contributed by atoms with Gasteiger partial charge in [0.25, 0.3) is 0 Å². The Kier molecular flexibility index (Phi) is 2.64. The Hall–Kier alpha value is -2.16. The van der Waals surface area contributed by atoms with Crippen molar-refractivity contribution in [3.63, 3.8) is 0 Å². The van der Waals surface area contributed by atoms with E-state index in [1.165, 1.54) is 0 Å². The van der Waals surface area contributed by atoms with Crippen molar-refractivity contribution in [2.45, 2.75) is 0 Å². The second kappa shape index (κ2) is 4.42. The van der Waals surface area contributed by atoms with Gasteiger partial charge < -0.3 is 8.82 Å². The summed E-state index contributed by atoms with van der Waals surface area (Å²) in [6, 6.07) is 19.6. The van der Waals surface area contributed by atoms with Crippen LogP contribution in [-0.4, -0.2) is 9.38 Å². The van der Waals surface area contributed by atoms with Gasteiger partial charge in [0.15, 0.2) is 0 Å². The van der Waals surface area contributed by atoms with Crippen LogP contribution in [0.1, 0.15) is 0 Å². The molecule has 0 atom stereocenters. The quantitative estimate of drug-likeness (QED) is 0.332. The SMILES string of the molecule is [Ir].[c-]1coc2c1c1nc3ccccc3n1c1ccccc21. The molecule has 0 bridgehead atoms. The fourth-order valence-electron chi connectivity index (χ4n) is 2.93. The van der Waals surface area contributed by atoms with E-state index in [1.54, 1.807) is 6.26 Å². The molecule has 0 saturated heterocycles. The summed E-state index contributed by atoms with van der Waals surface area (Å²) in [7, 11) is 0. The van der Waals surface area contributed by atoms with E-state index in [0.29, 0.717) is 0 Å². The molecule has 3 nitrogen and oxygen atoms in total. The van der Waals surface area contributed by atoms with Crippen molar-refractivity contribution >= 4 is 38.6 Å². The molecule has 0 aliphatic rings. The van der Waals surface area contributed by atoms with E-state index in [-0.39, 0.29) is 20.1 Å². The molecule has 0 N–H and O–H groups in total. The maximum Gasteiger partial charge on any atom is 0.0735 e. The first-order chi connectivity index (χ1) is 9.93. The number of hydrogen-bond acceptors (Lipinski definition) is 2.